The van der Waals surface area contributed by atoms with Crippen molar-refractivity contribution in [1.82, 2.24) is 15.5 Å². The maximum absolute atomic E-state index is 7.59. The summed E-state index contributed by atoms with van der Waals surface area (Å²) in [6, 6.07) is 7.89. The largest absolute Gasteiger partial charge is 0.492 e. The number of hydrogen-bond donors (Lipinski definition) is 5. The monoisotopic (exact) mass is 554 g/mol. The Morgan fingerprint density at radius 1 is 1.10 bits per heavy atom. The lowest BCUT2D eigenvalue weighted by molar-refractivity contribution is 0.183. The molecule has 0 saturated carbocycles. The number of amidine groups is 1. The van der Waals surface area contributed by atoms with E-state index in [1.54, 1.807) is 19.3 Å². The predicted molar refractivity (Wildman–Crippen MR) is 170 cm³/mol. The minimum Gasteiger partial charge on any atom is -0.492 e. The summed E-state index contributed by atoms with van der Waals surface area (Å²) >= 11 is 0. The Morgan fingerprint density at radius 3 is 2.54 bits per heavy atom. The normalized spacial score (nSPS) is 18.8. The third-order valence-corrected chi connectivity index (χ3v) is 7.19. The van der Waals surface area contributed by atoms with Gasteiger partial charge in [-0.05, 0) is 91.6 Å². The van der Waals surface area contributed by atoms with E-state index < -0.39 is 0 Å². The molecule has 0 atom stereocenters. The SMILES string of the molecule is CN=CC(C1=CNC2=CC=C(N=C(N)C=C(C=N)C(C)C)NC2=C1)=C(N)c1ccc(OCCN2CCCCC2)cc1. The fourth-order valence-electron chi connectivity index (χ4n) is 4.82. The molecular weight excluding hydrogens is 512 g/mol. The highest BCUT2D eigenvalue weighted by molar-refractivity contribution is 5.98. The first-order valence-electron chi connectivity index (χ1n) is 14.2. The minimum absolute atomic E-state index is 0.183. The molecule has 4 rings (SSSR count). The summed E-state index contributed by atoms with van der Waals surface area (Å²) in [5.41, 5.74) is 18.5. The van der Waals surface area contributed by atoms with Crippen molar-refractivity contribution in [3.63, 3.8) is 0 Å². The molecule has 0 bridgehead atoms. The molecule has 0 amide bonds. The topological polar surface area (TPSA) is 137 Å². The van der Waals surface area contributed by atoms with Crippen molar-refractivity contribution < 1.29 is 4.74 Å². The quantitative estimate of drug-likeness (QED) is 0.205. The number of rotatable bonds is 11. The van der Waals surface area contributed by atoms with Gasteiger partial charge in [-0.3, -0.25) is 9.89 Å². The van der Waals surface area contributed by atoms with Crippen LogP contribution in [0.1, 0.15) is 38.7 Å². The van der Waals surface area contributed by atoms with Crippen LogP contribution in [0.25, 0.3) is 5.70 Å². The predicted octanol–water partition coefficient (Wildman–Crippen LogP) is 4.21. The second-order valence-electron chi connectivity index (χ2n) is 10.5. The van der Waals surface area contributed by atoms with Gasteiger partial charge in [0, 0.05) is 49.1 Å². The summed E-state index contributed by atoms with van der Waals surface area (Å²) in [5, 5.41) is 14.3. The molecule has 0 aliphatic carbocycles. The van der Waals surface area contributed by atoms with Gasteiger partial charge in [0.2, 0.25) is 0 Å². The van der Waals surface area contributed by atoms with Crippen LogP contribution in [0.5, 0.6) is 5.75 Å². The molecule has 1 fully saturated rings. The first kappa shape index (κ1) is 29.6. The average Bonchev–Trinajstić information content (AvgIpc) is 2.98. The van der Waals surface area contributed by atoms with E-state index in [1.807, 2.05) is 62.5 Å². The molecule has 216 valence electrons. The van der Waals surface area contributed by atoms with Crippen molar-refractivity contribution in [3.8, 4) is 5.75 Å². The third-order valence-electron chi connectivity index (χ3n) is 7.19. The molecule has 9 nitrogen and oxygen atoms in total. The molecule has 3 aliphatic heterocycles. The molecule has 0 unspecified atom stereocenters. The zero-order chi connectivity index (χ0) is 29.2. The third kappa shape index (κ3) is 8.08. The number of fused-ring (bicyclic) bond motifs is 1. The maximum Gasteiger partial charge on any atom is 0.132 e. The zero-order valence-electron chi connectivity index (χ0n) is 24.3. The number of nitrogens with zero attached hydrogens (tertiary/aromatic N) is 3. The van der Waals surface area contributed by atoms with Crippen molar-refractivity contribution in [2.45, 2.75) is 33.1 Å². The molecule has 9 heteroatoms. The highest BCUT2D eigenvalue weighted by Crippen LogP contribution is 2.27. The van der Waals surface area contributed by atoms with Crippen LogP contribution in [-0.4, -0.2) is 56.5 Å². The molecular formula is C32H42N8O. The van der Waals surface area contributed by atoms with E-state index >= 15 is 0 Å². The fraction of sp³-hybridized carbons (Fsp3) is 0.344. The molecule has 0 radical (unpaired) electrons. The van der Waals surface area contributed by atoms with Crippen LogP contribution in [0.4, 0.5) is 0 Å². The van der Waals surface area contributed by atoms with E-state index in [1.165, 1.54) is 38.6 Å². The van der Waals surface area contributed by atoms with Crippen molar-refractivity contribution in [2.24, 2.45) is 27.4 Å². The van der Waals surface area contributed by atoms with Gasteiger partial charge in [-0.2, -0.15) is 0 Å². The van der Waals surface area contributed by atoms with Gasteiger partial charge in [-0.1, -0.05) is 20.3 Å². The molecule has 1 saturated heterocycles. The van der Waals surface area contributed by atoms with Gasteiger partial charge in [-0.15, -0.1) is 0 Å². The van der Waals surface area contributed by atoms with Gasteiger partial charge in [0.1, 0.15) is 24.0 Å². The van der Waals surface area contributed by atoms with Crippen LogP contribution in [-0.2, 0) is 0 Å². The molecule has 0 spiro atoms. The Kier molecular flexibility index (Phi) is 10.3. The van der Waals surface area contributed by atoms with Crippen molar-refractivity contribution >= 4 is 24.0 Å². The number of nitrogens with two attached hydrogens (primary N) is 2. The average molecular weight is 555 g/mol. The minimum atomic E-state index is 0.183. The number of allylic oxidation sites excluding steroid dienone is 6. The molecule has 41 heavy (non-hydrogen) atoms. The standard InChI is InChI=1S/C32H42N8O/c1-22(2)24(19-33)18-30(34)39-31-12-11-28-29(38-31)17-25(20-37-28)27(21-36-3)32(35)23-7-9-26(10-8-23)41-16-15-40-13-5-4-6-14-40/h7-12,17-22,33,37-38H,4-6,13-16,35H2,1-3H3,(H2,34,39). The highest BCUT2D eigenvalue weighted by Gasteiger charge is 2.18. The number of likely N-dealkylation sites (tertiary alicyclic amines) is 1. The molecule has 1 aromatic rings. The summed E-state index contributed by atoms with van der Waals surface area (Å²) in [6.45, 7) is 7.99. The van der Waals surface area contributed by atoms with Gasteiger partial charge in [-0.25, -0.2) is 4.99 Å². The molecule has 0 aromatic heterocycles. The van der Waals surface area contributed by atoms with Gasteiger partial charge >= 0.3 is 0 Å². The van der Waals surface area contributed by atoms with Crippen molar-refractivity contribution in [2.75, 3.05) is 33.3 Å². The Bertz CT molecular complexity index is 1350. The van der Waals surface area contributed by atoms with E-state index in [0.29, 0.717) is 24.0 Å². The number of nitrogens with one attached hydrogen (secondary N) is 3. The van der Waals surface area contributed by atoms with E-state index in [-0.39, 0.29) is 5.92 Å². The summed E-state index contributed by atoms with van der Waals surface area (Å²) in [7, 11) is 1.73. The second kappa shape index (κ2) is 14.3. The lowest BCUT2D eigenvalue weighted by Gasteiger charge is -2.26. The van der Waals surface area contributed by atoms with Crippen molar-refractivity contribution in [3.05, 3.63) is 94.3 Å². The Morgan fingerprint density at radius 2 is 1.85 bits per heavy atom. The number of benzene rings is 1. The zero-order valence-corrected chi connectivity index (χ0v) is 24.3. The van der Waals surface area contributed by atoms with E-state index in [2.05, 4.69) is 25.5 Å². The van der Waals surface area contributed by atoms with Crippen LogP contribution >= 0.6 is 0 Å². The van der Waals surface area contributed by atoms with Crippen LogP contribution in [0.2, 0.25) is 0 Å². The molecule has 3 heterocycles. The van der Waals surface area contributed by atoms with Gasteiger partial charge in [0.15, 0.2) is 0 Å². The molecule has 7 N–H and O–H groups in total. The summed E-state index contributed by atoms with van der Waals surface area (Å²) in [5.74, 6) is 1.95. The first-order valence-corrected chi connectivity index (χ1v) is 14.2. The Balaban J connectivity index is 1.47. The number of ether oxygens (including phenoxy) is 1. The van der Waals surface area contributed by atoms with Crippen LogP contribution in [0, 0.1) is 11.3 Å². The smallest absolute Gasteiger partial charge is 0.132 e. The van der Waals surface area contributed by atoms with Crippen LogP contribution < -0.4 is 26.8 Å². The fourth-order valence-corrected chi connectivity index (χ4v) is 4.82. The maximum atomic E-state index is 7.59. The van der Waals surface area contributed by atoms with E-state index in [4.69, 9.17) is 21.6 Å². The van der Waals surface area contributed by atoms with Gasteiger partial charge < -0.3 is 32.2 Å². The van der Waals surface area contributed by atoms with E-state index in [0.717, 1.165) is 46.0 Å². The second-order valence-corrected chi connectivity index (χ2v) is 10.5. The van der Waals surface area contributed by atoms with Crippen LogP contribution in [0.3, 0.4) is 0 Å². The van der Waals surface area contributed by atoms with E-state index in [9.17, 15) is 0 Å². The van der Waals surface area contributed by atoms with Crippen LogP contribution in [0.15, 0.2) is 98.7 Å². The summed E-state index contributed by atoms with van der Waals surface area (Å²) in [6.07, 6.45) is 16.4. The number of aliphatic imine (C=N–C) groups is 2. The highest BCUT2D eigenvalue weighted by atomic mass is 16.5. The van der Waals surface area contributed by atoms with Gasteiger partial charge in [0.05, 0.1) is 11.4 Å². The lowest BCUT2D eigenvalue weighted by atomic mass is 9.97. The lowest BCUT2D eigenvalue weighted by Crippen LogP contribution is -2.33. The molecule has 1 aromatic carbocycles. The molecule has 3 aliphatic rings. The van der Waals surface area contributed by atoms with Gasteiger partial charge in [0.25, 0.3) is 0 Å². The Labute approximate surface area is 243 Å². The number of hydrogen-bond acceptors (Lipinski definition) is 8. The van der Waals surface area contributed by atoms with Crippen molar-refractivity contribution in [1.29, 1.82) is 5.41 Å². The number of piperidine rings is 1. The first-order chi connectivity index (χ1) is 19.9. The summed E-state index contributed by atoms with van der Waals surface area (Å²) in [4.78, 5) is 11.2. The Hall–Kier alpha value is -4.37. The number of dihydropyridines is 2. The summed E-state index contributed by atoms with van der Waals surface area (Å²) < 4.78 is 5.99.